The highest BCUT2D eigenvalue weighted by atomic mass is 16.1. The topological polar surface area (TPSA) is 68.5 Å². The second kappa shape index (κ2) is 5.16. The summed E-state index contributed by atoms with van der Waals surface area (Å²) in [6.45, 7) is 0.417. The fourth-order valence-electron chi connectivity index (χ4n) is 2.07. The highest BCUT2D eigenvalue weighted by molar-refractivity contribution is 5.18. The van der Waals surface area contributed by atoms with Crippen LogP contribution in [-0.2, 0) is 20.0 Å². The number of aryl methyl sites for hydroxylation is 1. The first-order valence-corrected chi connectivity index (χ1v) is 6.37. The molecule has 6 nitrogen and oxygen atoms in total. The van der Waals surface area contributed by atoms with Gasteiger partial charge in [0.2, 0.25) is 0 Å². The van der Waals surface area contributed by atoms with Crippen LogP contribution in [0.5, 0.6) is 0 Å². The van der Waals surface area contributed by atoms with E-state index in [0.717, 1.165) is 11.3 Å². The van der Waals surface area contributed by atoms with Crippen LogP contribution < -0.4 is 5.69 Å². The Morgan fingerprint density at radius 3 is 2.75 bits per heavy atom. The molecule has 102 valence electrons. The van der Waals surface area contributed by atoms with Crippen molar-refractivity contribution in [3.8, 4) is 0 Å². The Balaban J connectivity index is 1.81. The van der Waals surface area contributed by atoms with Gasteiger partial charge in [-0.3, -0.25) is 4.98 Å². The molecule has 0 aliphatic rings. The molecule has 2 aromatic heterocycles. The zero-order valence-electron chi connectivity index (χ0n) is 11.2. The first-order chi connectivity index (χ1) is 9.72. The standard InChI is InChI=1S/C14H15N5O/c1-18-10-15-8-12(18)9-19-14(20)16-13(17-19)7-11-5-3-2-4-6-11/h2-6,8,10H,7,9H2,1H3,(H,16,17,20). The van der Waals surface area contributed by atoms with Gasteiger partial charge in [-0.15, -0.1) is 0 Å². The first-order valence-electron chi connectivity index (χ1n) is 6.37. The fourth-order valence-corrected chi connectivity index (χ4v) is 2.07. The summed E-state index contributed by atoms with van der Waals surface area (Å²) in [5.41, 5.74) is 1.86. The van der Waals surface area contributed by atoms with E-state index in [2.05, 4.69) is 15.1 Å². The van der Waals surface area contributed by atoms with Gasteiger partial charge in [-0.25, -0.2) is 14.5 Å². The average molecular weight is 269 g/mol. The van der Waals surface area contributed by atoms with Crippen LogP contribution in [0.15, 0.2) is 47.7 Å². The van der Waals surface area contributed by atoms with Crippen molar-refractivity contribution in [2.75, 3.05) is 0 Å². The second-order valence-electron chi connectivity index (χ2n) is 4.69. The Hall–Kier alpha value is -2.63. The summed E-state index contributed by atoms with van der Waals surface area (Å²) in [6, 6.07) is 9.93. The summed E-state index contributed by atoms with van der Waals surface area (Å²) < 4.78 is 3.30. The van der Waals surface area contributed by atoms with Gasteiger partial charge in [0.15, 0.2) is 0 Å². The summed E-state index contributed by atoms with van der Waals surface area (Å²) in [7, 11) is 1.89. The minimum Gasteiger partial charge on any atom is -0.336 e. The maximum atomic E-state index is 11.9. The Bertz CT molecular complexity index is 753. The van der Waals surface area contributed by atoms with E-state index in [1.807, 2.05) is 41.9 Å². The molecule has 0 fully saturated rings. The van der Waals surface area contributed by atoms with Gasteiger partial charge >= 0.3 is 5.69 Å². The van der Waals surface area contributed by atoms with Crippen LogP contribution in [0.1, 0.15) is 17.1 Å². The lowest BCUT2D eigenvalue weighted by atomic mass is 10.1. The molecule has 2 heterocycles. The van der Waals surface area contributed by atoms with Gasteiger partial charge in [0, 0.05) is 13.5 Å². The van der Waals surface area contributed by atoms with E-state index in [1.54, 1.807) is 12.5 Å². The predicted octanol–water partition coefficient (Wildman–Crippen LogP) is 0.944. The third-order valence-corrected chi connectivity index (χ3v) is 3.17. The van der Waals surface area contributed by atoms with Crippen molar-refractivity contribution in [3.05, 3.63) is 70.4 Å². The van der Waals surface area contributed by atoms with Gasteiger partial charge in [0.25, 0.3) is 0 Å². The second-order valence-corrected chi connectivity index (χ2v) is 4.69. The molecule has 6 heteroatoms. The van der Waals surface area contributed by atoms with E-state index in [9.17, 15) is 4.79 Å². The van der Waals surface area contributed by atoms with Gasteiger partial charge in [0.1, 0.15) is 5.82 Å². The predicted molar refractivity (Wildman–Crippen MR) is 74.4 cm³/mol. The molecular weight excluding hydrogens is 254 g/mol. The summed E-state index contributed by atoms with van der Waals surface area (Å²) in [5, 5.41) is 4.33. The SMILES string of the molecule is Cn1cncc1Cn1nc(Cc2ccccc2)[nH]c1=O. The van der Waals surface area contributed by atoms with Gasteiger partial charge in [-0.05, 0) is 5.56 Å². The largest absolute Gasteiger partial charge is 0.343 e. The van der Waals surface area contributed by atoms with Crippen LogP contribution >= 0.6 is 0 Å². The van der Waals surface area contributed by atoms with Crippen LogP contribution in [0.2, 0.25) is 0 Å². The molecule has 0 spiro atoms. The van der Waals surface area contributed by atoms with E-state index >= 15 is 0 Å². The van der Waals surface area contributed by atoms with Crippen molar-refractivity contribution in [2.45, 2.75) is 13.0 Å². The van der Waals surface area contributed by atoms with E-state index in [1.165, 1.54) is 4.68 Å². The lowest BCUT2D eigenvalue weighted by Gasteiger charge is -2.00. The molecule has 0 radical (unpaired) electrons. The molecule has 3 aromatic rings. The van der Waals surface area contributed by atoms with Crippen LogP contribution in [0.3, 0.4) is 0 Å². The minimum absolute atomic E-state index is 0.197. The summed E-state index contributed by atoms with van der Waals surface area (Å²) in [4.78, 5) is 18.7. The number of imidazole rings is 1. The van der Waals surface area contributed by atoms with Crippen LogP contribution in [-0.4, -0.2) is 24.3 Å². The fraction of sp³-hybridized carbons (Fsp3) is 0.214. The quantitative estimate of drug-likeness (QED) is 0.766. The molecule has 0 aliphatic heterocycles. The normalized spacial score (nSPS) is 10.8. The molecule has 0 saturated heterocycles. The zero-order valence-corrected chi connectivity index (χ0v) is 11.2. The van der Waals surface area contributed by atoms with Crippen molar-refractivity contribution in [1.29, 1.82) is 0 Å². The number of hydrogen-bond acceptors (Lipinski definition) is 3. The number of aromatic nitrogens is 5. The lowest BCUT2D eigenvalue weighted by molar-refractivity contribution is 0.621. The molecule has 3 rings (SSSR count). The number of H-pyrrole nitrogens is 1. The zero-order chi connectivity index (χ0) is 13.9. The number of benzene rings is 1. The van der Waals surface area contributed by atoms with E-state index in [4.69, 9.17) is 0 Å². The molecule has 0 aliphatic carbocycles. The van der Waals surface area contributed by atoms with Gasteiger partial charge < -0.3 is 4.57 Å². The molecule has 0 saturated carbocycles. The van der Waals surface area contributed by atoms with Crippen molar-refractivity contribution in [2.24, 2.45) is 7.05 Å². The maximum Gasteiger partial charge on any atom is 0.343 e. The third-order valence-electron chi connectivity index (χ3n) is 3.17. The Morgan fingerprint density at radius 2 is 2.05 bits per heavy atom. The summed E-state index contributed by atoms with van der Waals surface area (Å²) in [6.07, 6.45) is 4.06. The Kier molecular flexibility index (Phi) is 3.20. The molecular formula is C14H15N5O. The van der Waals surface area contributed by atoms with Gasteiger partial charge in [-0.2, -0.15) is 5.10 Å². The molecule has 1 N–H and O–H groups in total. The number of hydrogen-bond donors (Lipinski definition) is 1. The van der Waals surface area contributed by atoms with Crippen LogP contribution in [0.4, 0.5) is 0 Å². The first kappa shape index (κ1) is 12.4. The van der Waals surface area contributed by atoms with Crippen LogP contribution in [0.25, 0.3) is 0 Å². The smallest absolute Gasteiger partial charge is 0.336 e. The number of nitrogens with zero attached hydrogens (tertiary/aromatic N) is 4. The Morgan fingerprint density at radius 1 is 1.25 bits per heavy atom. The van der Waals surface area contributed by atoms with E-state index < -0.39 is 0 Å². The average Bonchev–Trinajstić information content (AvgIpc) is 2.99. The van der Waals surface area contributed by atoms with Crippen molar-refractivity contribution in [3.63, 3.8) is 0 Å². The Labute approximate surface area is 115 Å². The molecule has 20 heavy (non-hydrogen) atoms. The summed E-state index contributed by atoms with van der Waals surface area (Å²) in [5.74, 6) is 0.670. The monoisotopic (exact) mass is 269 g/mol. The highest BCUT2D eigenvalue weighted by Gasteiger charge is 2.08. The molecule has 0 bridgehead atoms. The highest BCUT2D eigenvalue weighted by Crippen LogP contribution is 2.04. The third kappa shape index (κ3) is 2.54. The van der Waals surface area contributed by atoms with E-state index in [-0.39, 0.29) is 5.69 Å². The lowest BCUT2D eigenvalue weighted by Crippen LogP contribution is -2.19. The van der Waals surface area contributed by atoms with Crippen LogP contribution in [0, 0.1) is 0 Å². The maximum absolute atomic E-state index is 11.9. The summed E-state index contributed by atoms with van der Waals surface area (Å²) >= 11 is 0. The number of aromatic amines is 1. The molecule has 0 atom stereocenters. The van der Waals surface area contributed by atoms with Gasteiger partial charge in [-0.1, -0.05) is 30.3 Å². The minimum atomic E-state index is -0.197. The molecule has 0 amide bonds. The van der Waals surface area contributed by atoms with Crippen molar-refractivity contribution < 1.29 is 0 Å². The molecule has 1 aromatic carbocycles. The van der Waals surface area contributed by atoms with E-state index in [0.29, 0.717) is 18.8 Å². The van der Waals surface area contributed by atoms with Crippen molar-refractivity contribution in [1.82, 2.24) is 24.3 Å². The van der Waals surface area contributed by atoms with Crippen molar-refractivity contribution >= 4 is 0 Å². The number of rotatable bonds is 4. The molecule has 0 unspecified atom stereocenters. The van der Waals surface area contributed by atoms with Gasteiger partial charge in [0.05, 0.1) is 24.8 Å². The number of nitrogens with one attached hydrogen (secondary N) is 1.